The van der Waals surface area contributed by atoms with Crippen LogP contribution in [0.4, 0.5) is 16.2 Å². The van der Waals surface area contributed by atoms with Gasteiger partial charge in [-0.3, -0.25) is 14.7 Å². The van der Waals surface area contributed by atoms with Crippen molar-refractivity contribution in [3.63, 3.8) is 0 Å². The second-order valence-electron chi connectivity index (χ2n) is 8.31. The average molecular weight is 565 g/mol. The summed E-state index contributed by atoms with van der Waals surface area (Å²) in [7, 11) is 3.26. The molecule has 2 aromatic carbocycles. The molecule has 1 saturated heterocycles. The molecule has 1 aliphatic heterocycles. The molecule has 0 aliphatic carbocycles. The number of rotatable bonds is 4. The minimum absolute atomic E-state index is 0. The Bertz CT molecular complexity index is 1470. The van der Waals surface area contributed by atoms with Crippen LogP contribution in [0.25, 0.3) is 21.9 Å². The number of carbonyl (C=O) groups is 2. The van der Waals surface area contributed by atoms with Crippen LogP contribution in [0.1, 0.15) is 10.4 Å². The topological polar surface area (TPSA) is 99.9 Å². The van der Waals surface area contributed by atoms with Crippen molar-refractivity contribution in [2.75, 3.05) is 50.6 Å². The summed E-state index contributed by atoms with van der Waals surface area (Å²) in [6, 6.07) is 8.65. The molecule has 5 rings (SSSR count). The first-order valence-electron chi connectivity index (χ1n) is 11.3. The number of methoxy groups -OCH3 is 1. The Labute approximate surface area is 229 Å². The van der Waals surface area contributed by atoms with Crippen LogP contribution in [0.2, 0.25) is 10.0 Å². The zero-order chi connectivity index (χ0) is 25.4. The van der Waals surface area contributed by atoms with E-state index in [4.69, 9.17) is 32.4 Å². The van der Waals surface area contributed by atoms with Crippen molar-refractivity contribution in [2.45, 2.75) is 0 Å². The fraction of sp³-hybridized carbons (Fsp3) is 0.240. The van der Waals surface area contributed by atoms with Crippen LogP contribution in [0, 0.1) is 0 Å². The van der Waals surface area contributed by atoms with Gasteiger partial charge in [-0.25, -0.2) is 4.79 Å². The number of nitrogens with zero attached hydrogens (tertiary/aromatic N) is 3. The van der Waals surface area contributed by atoms with E-state index < -0.39 is 5.91 Å². The number of ether oxygens (including phenoxy) is 1. The largest absolute Gasteiger partial charge is 0.493 e. The van der Waals surface area contributed by atoms with Gasteiger partial charge in [-0.2, -0.15) is 0 Å². The highest BCUT2D eigenvalue weighted by Gasteiger charge is 2.24. The maximum Gasteiger partial charge on any atom is 0.324 e. The van der Waals surface area contributed by atoms with Gasteiger partial charge in [-0.15, -0.1) is 12.4 Å². The predicted molar refractivity (Wildman–Crippen MR) is 148 cm³/mol. The van der Waals surface area contributed by atoms with E-state index in [0.29, 0.717) is 52.0 Å². The molecule has 194 valence electrons. The van der Waals surface area contributed by atoms with E-state index in [1.165, 1.54) is 19.5 Å². The molecule has 0 radical (unpaired) electrons. The number of hydrogen-bond acceptors (Lipinski definition) is 6. The summed E-state index contributed by atoms with van der Waals surface area (Å²) in [4.78, 5) is 33.8. The summed E-state index contributed by atoms with van der Waals surface area (Å²) in [6.07, 6.45) is 2.80. The third-order valence-corrected chi connectivity index (χ3v) is 6.76. The summed E-state index contributed by atoms with van der Waals surface area (Å²) in [5.74, 6) is 0.0422. The van der Waals surface area contributed by atoms with Crippen molar-refractivity contribution < 1.29 is 18.7 Å². The van der Waals surface area contributed by atoms with Crippen LogP contribution in [0.15, 0.2) is 47.1 Å². The molecule has 0 atom stereocenters. The van der Waals surface area contributed by atoms with E-state index in [9.17, 15) is 9.59 Å². The summed E-state index contributed by atoms with van der Waals surface area (Å²) in [6.45, 7) is 2.80. The van der Waals surface area contributed by atoms with Gasteiger partial charge in [0.1, 0.15) is 5.58 Å². The van der Waals surface area contributed by atoms with E-state index in [1.54, 1.807) is 35.0 Å². The van der Waals surface area contributed by atoms with Gasteiger partial charge in [-0.1, -0.05) is 23.2 Å². The number of furan rings is 1. The lowest BCUT2D eigenvalue weighted by Gasteiger charge is -2.31. The van der Waals surface area contributed by atoms with Crippen molar-refractivity contribution in [3.8, 4) is 5.75 Å². The minimum atomic E-state index is -0.434. The molecule has 12 heteroatoms. The van der Waals surface area contributed by atoms with Gasteiger partial charge in [0.25, 0.3) is 5.91 Å². The number of urea groups is 1. The number of carbonyl (C=O) groups excluding carboxylic acids is 2. The highest BCUT2D eigenvalue weighted by Crippen LogP contribution is 2.39. The summed E-state index contributed by atoms with van der Waals surface area (Å²) >= 11 is 12.4. The number of anilines is 2. The predicted octanol–water partition coefficient (Wildman–Crippen LogP) is 5.43. The zero-order valence-electron chi connectivity index (χ0n) is 20.0. The van der Waals surface area contributed by atoms with Gasteiger partial charge >= 0.3 is 6.03 Å². The van der Waals surface area contributed by atoms with Crippen LogP contribution in [-0.4, -0.2) is 62.2 Å². The molecule has 0 unspecified atom stereocenters. The number of halogens is 3. The van der Waals surface area contributed by atoms with Crippen LogP contribution in [0.5, 0.6) is 5.75 Å². The lowest BCUT2D eigenvalue weighted by Crippen LogP contribution is -2.50. The number of nitrogens with one attached hydrogen (secondary N) is 2. The molecule has 2 N–H and O–H groups in total. The molecule has 1 aliphatic rings. The smallest absolute Gasteiger partial charge is 0.324 e. The first-order valence-corrected chi connectivity index (χ1v) is 12.0. The third kappa shape index (κ3) is 5.00. The van der Waals surface area contributed by atoms with E-state index in [2.05, 4.69) is 15.6 Å². The second-order valence-corrected chi connectivity index (χ2v) is 9.13. The number of hydrogen-bond donors (Lipinski definition) is 2. The maximum absolute atomic E-state index is 13.4. The first kappa shape index (κ1) is 26.8. The van der Waals surface area contributed by atoms with Crippen molar-refractivity contribution in [1.29, 1.82) is 0 Å². The van der Waals surface area contributed by atoms with Gasteiger partial charge < -0.3 is 24.7 Å². The first-order chi connectivity index (χ1) is 17.4. The Kier molecular flexibility index (Phi) is 7.99. The van der Waals surface area contributed by atoms with Crippen molar-refractivity contribution >= 4 is 80.9 Å². The Morgan fingerprint density at radius 1 is 1.14 bits per heavy atom. The molecule has 2 aromatic heterocycles. The highest BCUT2D eigenvalue weighted by atomic mass is 35.5. The standard InChI is InChI=1S/C25H23Cl2N5O4.ClH/c1-31(25(34)32-9-7-28-8-10-32)14-3-5-19-16(11-14)21-15(4-6-20(35-2)23(21)36-19)24(33)30-22-17(26)12-29-13-18(22)27;/h3-6,11-13,28H,7-10H2,1-2H3,(H,29,30,33);1H. The number of amides is 3. The van der Waals surface area contributed by atoms with Gasteiger partial charge in [0, 0.05) is 62.1 Å². The van der Waals surface area contributed by atoms with Crippen molar-refractivity contribution in [3.05, 3.63) is 58.3 Å². The molecule has 0 bridgehead atoms. The van der Waals surface area contributed by atoms with Gasteiger partial charge in [-0.05, 0) is 30.3 Å². The van der Waals surface area contributed by atoms with Crippen molar-refractivity contribution in [1.82, 2.24) is 15.2 Å². The van der Waals surface area contributed by atoms with Gasteiger partial charge in [0.2, 0.25) is 0 Å². The average Bonchev–Trinajstić information content (AvgIpc) is 3.29. The van der Waals surface area contributed by atoms with Crippen LogP contribution >= 0.6 is 35.6 Å². The van der Waals surface area contributed by atoms with Gasteiger partial charge in [0.15, 0.2) is 11.3 Å². The summed E-state index contributed by atoms with van der Waals surface area (Å²) < 4.78 is 11.6. The lowest BCUT2D eigenvalue weighted by atomic mass is 10.0. The molecular weight excluding hydrogens is 541 g/mol. The molecule has 37 heavy (non-hydrogen) atoms. The van der Waals surface area contributed by atoms with Crippen molar-refractivity contribution in [2.24, 2.45) is 0 Å². The normalized spacial score (nSPS) is 13.4. The second kappa shape index (κ2) is 11.0. The highest BCUT2D eigenvalue weighted by molar-refractivity contribution is 6.40. The Balaban J connectivity index is 0.00000320. The Morgan fingerprint density at radius 2 is 1.84 bits per heavy atom. The zero-order valence-corrected chi connectivity index (χ0v) is 22.3. The fourth-order valence-electron chi connectivity index (χ4n) is 4.29. The monoisotopic (exact) mass is 563 g/mol. The molecule has 0 saturated carbocycles. The number of pyridine rings is 1. The molecule has 9 nitrogen and oxygen atoms in total. The van der Waals surface area contributed by atoms with Crippen LogP contribution in [-0.2, 0) is 0 Å². The third-order valence-electron chi connectivity index (χ3n) is 6.18. The van der Waals surface area contributed by atoms with E-state index in [-0.39, 0.29) is 34.2 Å². The lowest BCUT2D eigenvalue weighted by molar-refractivity contribution is 0.102. The summed E-state index contributed by atoms with van der Waals surface area (Å²) in [5.41, 5.74) is 2.23. The number of aromatic nitrogens is 1. The SMILES string of the molecule is COc1ccc(C(=O)Nc2c(Cl)cncc2Cl)c2c1oc1ccc(N(C)C(=O)N3CCNCC3)cc12.Cl. The van der Waals surface area contributed by atoms with E-state index >= 15 is 0 Å². The number of benzene rings is 2. The van der Waals surface area contributed by atoms with E-state index in [1.807, 2.05) is 12.1 Å². The Hall–Kier alpha value is -3.24. The maximum atomic E-state index is 13.4. The molecule has 0 spiro atoms. The van der Waals surface area contributed by atoms with Crippen LogP contribution < -0.4 is 20.3 Å². The molecule has 1 fully saturated rings. The van der Waals surface area contributed by atoms with Gasteiger partial charge in [0.05, 0.1) is 28.4 Å². The Morgan fingerprint density at radius 3 is 2.51 bits per heavy atom. The van der Waals surface area contributed by atoms with E-state index in [0.717, 1.165) is 13.1 Å². The fourth-order valence-corrected chi connectivity index (χ4v) is 4.75. The molecule has 3 heterocycles. The van der Waals surface area contributed by atoms with Crippen LogP contribution in [0.3, 0.4) is 0 Å². The molecule has 4 aromatic rings. The number of fused-ring (bicyclic) bond motifs is 3. The quantitative estimate of drug-likeness (QED) is 0.343. The number of piperazine rings is 1. The summed E-state index contributed by atoms with van der Waals surface area (Å²) in [5, 5.41) is 7.67. The minimum Gasteiger partial charge on any atom is -0.493 e. The molecular formula is C25H24Cl3N5O4. The molecule has 3 amide bonds.